The number of likely N-dealkylation sites (tertiary alicyclic amines) is 1. The van der Waals surface area contributed by atoms with Crippen molar-refractivity contribution in [2.75, 3.05) is 19.6 Å². The minimum atomic E-state index is 0.0650. The number of piperidine rings is 1. The Kier molecular flexibility index (Phi) is 5.63. The fourth-order valence-corrected chi connectivity index (χ4v) is 6.56. The van der Waals surface area contributed by atoms with Crippen LogP contribution in [0.2, 0.25) is 0 Å². The average Bonchev–Trinajstić information content (AvgIpc) is 3.41. The Balaban J connectivity index is 1.14. The fraction of sp³-hybridized carbons (Fsp3) is 0.609. The molecule has 30 heavy (non-hydrogen) atoms. The van der Waals surface area contributed by atoms with E-state index >= 15 is 0 Å². The molecule has 3 heterocycles. The lowest BCUT2D eigenvalue weighted by Gasteiger charge is -2.50. The van der Waals surface area contributed by atoms with Crippen LogP contribution >= 0.6 is 11.3 Å². The molecule has 3 aliphatic rings. The van der Waals surface area contributed by atoms with Gasteiger partial charge >= 0.3 is 0 Å². The number of hydrogen-bond acceptors (Lipinski definition) is 4. The summed E-state index contributed by atoms with van der Waals surface area (Å²) in [6.45, 7) is 3.13. The number of thiophene rings is 1. The van der Waals surface area contributed by atoms with Gasteiger partial charge in [-0.3, -0.25) is 9.59 Å². The summed E-state index contributed by atoms with van der Waals surface area (Å²) in [4.78, 5) is 33.4. The van der Waals surface area contributed by atoms with Crippen molar-refractivity contribution >= 4 is 23.2 Å². The predicted molar refractivity (Wildman–Crippen MR) is 116 cm³/mol. The van der Waals surface area contributed by atoms with Crippen LogP contribution in [0.4, 0.5) is 0 Å². The van der Waals surface area contributed by atoms with Gasteiger partial charge in [0, 0.05) is 54.7 Å². The Hall–Kier alpha value is -2.15. The Morgan fingerprint density at radius 1 is 1.27 bits per heavy atom. The van der Waals surface area contributed by atoms with Crippen molar-refractivity contribution in [3.8, 4) is 0 Å². The second-order valence-corrected chi connectivity index (χ2v) is 9.97. The summed E-state index contributed by atoms with van der Waals surface area (Å²) in [6, 6.07) is 0. The molecule has 6 nitrogen and oxygen atoms in total. The van der Waals surface area contributed by atoms with E-state index in [1.165, 1.54) is 23.3 Å². The first kappa shape index (κ1) is 19.8. The summed E-state index contributed by atoms with van der Waals surface area (Å²) >= 11 is 1.76. The first-order valence-electron chi connectivity index (χ1n) is 11.3. The topological polar surface area (TPSA) is 67.2 Å². The van der Waals surface area contributed by atoms with E-state index in [1.54, 1.807) is 23.9 Å². The minimum absolute atomic E-state index is 0.0650. The van der Waals surface area contributed by atoms with Crippen molar-refractivity contribution in [1.82, 2.24) is 19.8 Å². The summed E-state index contributed by atoms with van der Waals surface area (Å²) in [6.07, 6.45) is 13.0. The van der Waals surface area contributed by atoms with Crippen LogP contribution < -0.4 is 5.32 Å². The number of fused-ring (bicyclic) bond motifs is 2. The zero-order valence-corrected chi connectivity index (χ0v) is 18.2. The molecule has 0 radical (unpaired) electrons. The van der Waals surface area contributed by atoms with Crippen molar-refractivity contribution in [3.05, 3.63) is 40.1 Å². The lowest BCUT2D eigenvalue weighted by Crippen LogP contribution is -2.56. The smallest absolute Gasteiger partial charge is 0.254 e. The van der Waals surface area contributed by atoms with Gasteiger partial charge in [0.2, 0.25) is 5.91 Å². The molecule has 1 saturated heterocycles. The number of nitrogens with one attached hydrogen (secondary N) is 1. The number of aryl methyl sites for hydroxylation is 2. The number of imidazole rings is 1. The highest BCUT2D eigenvalue weighted by Crippen LogP contribution is 2.46. The molecule has 1 N–H and O–H groups in total. The Bertz CT molecular complexity index is 906. The Morgan fingerprint density at radius 3 is 3.03 bits per heavy atom. The maximum atomic E-state index is 13.2. The third-order valence-corrected chi connectivity index (χ3v) is 8.34. The molecular formula is C23H30N4O2S. The zero-order valence-electron chi connectivity index (χ0n) is 17.4. The molecule has 7 heteroatoms. The fourth-order valence-electron chi connectivity index (χ4n) is 5.44. The van der Waals surface area contributed by atoms with Crippen molar-refractivity contribution < 1.29 is 9.59 Å². The van der Waals surface area contributed by atoms with Crippen LogP contribution in [0.15, 0.2) is 24.1 Å². The quantitative estimate of drug-likeness (QED) is 0.722. The van der Waals surface area contributed by atoms with Gasteiger partial charge < -0.3 is 14.8 Å². The van der Waals surface area contributed by atoms with Gasteiger partial charge in [0.25, 0.3) is 5.91 Å². The summed E-state index contributed by atoms with van der Waals surface area (Å²) in [7, 11) is 0. The Labute approximate surface area is 181 Å². The standard InChI is InChI=1S/C23H30N4O2S/c28-22(25-7-3-9-26-11-8-24-15-26)18-12-16-6-10-27(13-19(16)18)23(29)20-14-30-21-5-2-1-4-17(20)21/h8,11,14-16,18-19H,1-7,9-10,12-13H2,(H,25,28)/t16-,18-,19-/m1/s1. The molecule has 0 bridgehead atoms. The molecule has 2 aromatic heterocycles. The SMILES string of the molecule is O=C(NCCCn1ccnc1)[C@@H]1C[C@H]2CCN(C(=O)c3csc4c3CCCC4)C[C@H]21. The van der Waals surface area contributed by atoms with Crippen molar-refractivity contribution in [1.29, 1.82) is 0 Å². The van der Waals surface area contributed by atoms with Gasteiger partial charge in [-0.2, -0.15) is 0 Å². The highest BCUT2D eigenvalue weighted by molar-refractivity contribution is 7.10. The van der Waals surface area contributed by atoms with E-state index < -0.39 is 0 Å². The molecular weight excluding hydrogens is 396 g/mol. The van der Waals surface area contributed by atoms with E-state index in [1.807, 2.05) is 15.7 Å². The van der Waals surface area contributed by atoms with E-state index in [-0.39, 0.29) is 17.7 Å². The predicted octanol–water partition coefficient (Wildman–Crippen LogP) is 3.13. The van der Waals surface area contributed by atoms with E-state index in [2.05, 4.69) is 15.7 Å². The molecule has 2 aliphatic carbocycles. The van der Waals surface area contributed by atoms with Crippen LogP contribution in [-0.2, 0) is 24.2 Å². The third kappa shape index (κ3) is 3.80. The molecule has 0 spiro atoms. The van der Waals surface area contributed by atoms with Gasteiger partial charge in [-0.25, -0.2) is 4.98 Å². The number of aromatic nitrogens is 2. The van der Waals surface area contributed by atoms with Gasteiger partial charge in [0.15, 0.2) is 0 Å². The first-order chi connectivity index (χ1) is 14.7. The second-order valence-electron chi connectivity index (χ2n) is 9.01. The highest BCUT2D eigenvalue weighted by Gasteiger charge is 2.48. The second kappa shape index (κ2) is 8.53. The summed E-state index contributed by atoms with van der Waals surface area (Å²) in [5.41, 5.74) is 2.24. The molecule has 2 aromatic rings. The first-order valence-corrected chi connectivity index (χ1v) is 12.2. The molecule has 5 rings (SSSR count). The molecule has 0 aromatic carbocycles. The molecule has 2 amide bonds. The molecule has 1 aliphatic heterocycles. The van der Waals surface area contributed by atoms with Crippen molar-refractivity contribution in [2.24, 2.45) is 17.8 Å². The van der Waals surface area contributed by atoms with E-state index in [0.717, 1.165) is 57.3 Å². The maximum absolute atomic E-state index is 13.2. The van der Waals surface area contributed by atoms with Crippen LogP contribution in [0.1, 0.15) is 52.9 Å². The van der Waals surface area contributed by atoms with Crippen LogP contribution in [0.5, 0.6) is 0 Å². The average molecular weight is 427 g/mol. The number of amides is 2. The van der Waals surface area contributed by atoms with E-state index in [9.17, 15) is 9.59 Å². The maximum Gasteiger partial charge on any atom is 0.254 e. The molecule has 2 fully saturated rings. The van der Waals surface area contributed by atoms with Crippen LogP contribution in [0.3, 0.4) is 0 Å². The van der Waals surface area contributed by atoms with E-state index in [4.69, 9.17) is 0 Å². The number of carbonyl (C=O) groups is 2. The zero-order chi connectivity index (χ0) is 20.5. The lowest BCUT2D eigenvalue weighted by molar-refractivity contribution is -0.136. The van der Waals surface area contributed by atoms with Crippen LogP contribution in [0.25, 0.3) is 0 Å². The minimum Gasteiger partial charge on any atom is -0.356 e. The van der Waals surface area contributed by atoms with E-state index in [0.29, 0.717) is 18.4 Å². The normalized spacial score (nSPS) is 25.2. The summed E-state index contributed by atoms with van der Waals surface area (Å²) in [5.74, 6) is 1.36. The molecule has 3 atom stereocenters. The summed E-state index contributed by atoms with van der Waals surface area (Å²) < 4.78 is 2.03. The summed E-state index contributed by atoms with van der Waals surface area (Å²) in [5, 5.41) is 5.20. The number of rotatable bonds is 6. The number of hydrogen-bond donors (Lipinski definition) is 1. The monoisotopic (exact) mass is 426 g/mol. The third-order valence-electron chi connectivity index (χ3n) is 7.25. The lowest BCUT2D eigenvalue weighted by atomic mass is 9.61. The Morgan fingerprint density at radius 2 is 2.17 bits per heavy atom. The highest BCUT2D eigenvalue weighted by atomic mass is 32.1. The molecule has 0 unspecified atom stereocenters. The van der Waals surface area contributed by atoms with Gasteiger partial charge in [-0.1, -0.05) is 0 Å². The molecule has 160 valence electrons. The van der Waals surface area contributed by atoms with Gasteiger partial charge in [0.1, 0.15) is 0 Å². The van der Waals surface area contributed by atoms with Gasteiger partial charge in [-0.15, -0.1) is 11.3 Å². The van der Waals surface area contributed by atoms with Gasteiger partial charge in [-0.05, 0) is 62.3 Å². The van der Waals surface area contributed by atoms with Gasteiger partial charge in [0.05, 0.1) is 11.9 Å². The van der Waals surface area contributed by atoms with Crippen LogP contribution in [0, 0.1) is 17.8 Å². The largest absolute Gasteiger partial charge is 0.356 e. The number of nitrogens with zero attached hydrogens (tertiary/aromatic N) is 3. The molecule has 1 saturated carbocycles. The van der Waals surface area contributed by atoms with Crippen LogP contribution in [-0.4, -0.2) is 45.9 Å². The van der Waals surface area contributed by atoms with Crippen molar-refractivity contribution in [2.45, 2.75) is 51.5 Å². The number of carbonyl (C=O) groups excluding carboxylic acids is 2. The van der Waals surface area contributed by atoms with Crippen molar-refractivity contribution in [3.63, 3.8) is 0 Å².